The first-order chi connectivity index (χ1) is 11.3. The summed E-state index contributed by atoms with van der Waals surface area (Å²) in [5.74, 6) is 0.490. The molecule has 0 atom stereocenters. The molecule has 2 aromatic rings. The summed E-state index contributed by atoms with van der Waals surface area (Å²) < 4.78 is 0. The Morgan fingerprint density at radius 1 is 1.26 bits per heavy atom. The summed E-state index contributed by atoms with van der Waals surface area (Å²) in [7, 11) is 0. The third kappa shape index (κ3) is 4.12. The van der Waals surface area contributed by atoms with Crippen molar-refractivity contribution >= 4 is 5.69 Å². The van der Waals surface area contributed by atoms with Crippen LogP contribution in [0.1, 0.15) is 29.7 Å². The third-order valence-electron chi connectivity index (χ3n) is 4.78. The average Bonchev–Trinajstić information content (AvgIpc) is 3.00. The van der Waals surface area contributed by atoms with E-state index < -0.39 is 0 Å². The van der Waals surface area contributed by atoms with Crippen molar-refractivity contribution in [2.24, 2.45) is 5.92 Å². The number of hydrogen-bond acceptors (Lipinski definition) is 4. The zero-order valence-electron chi connectivity index (χ0n) is 13.8. The van der Waals surface area contributed by atoms with Crippen molar-refractivity contribution in [3.63, 3.8) is 0 Å². The second-order valence-electron chi connectivity index (χ2n) is 6.43. The van der Waals surface area contributed by atoms with E-state index in [9.17, 15) is 5.11 Å². The van der Waals surface area contributed by atoms with E-state index in [1.54, 1.807) is 0 Å². The van der Waals surface area contributed by atoms with Crippen LogP contribution in [0.2, 0.25) is 0 Å². The van der Waals surface area contributed by atoms with Crippen molar-refractivity contribution < 1.29 is 5.11 Å². The van der Waals surface area contributed by atoms with E-state index in [4.69, 9.17) is 0 Å². The Balaban J connectivity index is 1.60. The SMILES string of the molecule is Cc1[nH]ncc1CNc1ccccc1CN1CCC(CO)CC1. The standard InChI is InChI=1S/C18H26N4O/c1-14-17(11-20-21-14)10-19-18-5-3-2-4-16(18)12-22-8-6-15(13-23)7-9-22/h2-5,11,15,19,23H,6-10,12-13H2,1H3,(H,20,21). The molecule has 23 heavy (non-hydrogen) atoms. The number of aryl methyl sites for hydroxylation is 1. The van der Waals surface area contributed by atoms with Crippen LogP contribution in [-0.4, -0.2) is 39.9 Å². The molecular weight excluding hydrogens is 288 g/mol. The molecule has 2 heterocycles. The van der Waals surface area contributed by atoms with Gasteiger partial charge >= 0.3 is 0 Å². The second kappa shape index (κ2) is 7.62. The smallest absolute Gasteiger partial charge is 0.0539 e. The van der Waals surface area contributed by atoms with Gasteiger partial charge < -0.3 is 10.4 Å². The number of benzene rings is 1. The van der Waals surface area contributed by atoms with Crippen LogP contribution in [0.5, 0.6) is 0 Å². The lowest BCUT2D eigenvalue weighted by atomic mass is 9.97. The maximum absolute atomic E-state index is 9.26. The summed E-state index contributed by atoms with van der Waals surface area (Å²) in [5, 5.41) is 19.8. The van der Waals surface area contributed by atoms with E-state index in [0.717, 1.165) is 44.7 Å². The van der Waals surface area contributed by atoms with Gasteiger partial charge in [0.05, 0.1) is 6.20 Å². The molecule has 0 radical (unpaired) electrons. The van der Waals surface area contributed by atoms with Gasteiger partial charge in [-0.2, -0.15) is 5.10 Å². The zero-order valence-corrected chi connectivity index (χ0v) is 13.8. The summed E-state index contributed by atoms with van der Waals surface area (Å²) in [6.07, 6.45) is 4.07. The summed E-state index contributed by atoms with van der Waals surface area (Å²) in [4.78, 5) is 2.48. The van der Waals surface area contributed by atoms with E-state index in [1.807, 2.05) is 13.1 Å². The molecule has 3 rings (SSSR count). The van der Waals surface area contributed by atoms with Gasteiger partial charge in [0.1, 0.15) is 0 Å². The van der Waals surface area contributed by atoms with Crippen molar-refractivity contribution in [1.82, 2.24) is 15.1 Å². The fourth-order valence-electron chi connectivity index (χ4n) is 3.14. The largest absolute Gasteiger partial charge is 0.396 e. The molecule has 1 fully saturated rings. The number of piperidine rings is 1. The maximum Gasteiger partial charge on any atom is 0.0539 e. The zero-order chi connectivity index (χ0) is 16.1. The quantitative estimate of drug-likeness (QED) is 0.767. The lowest BCUT2D eigenvalue weighted by Gasteiger charge is -2.31. The number of H-pyrrole nitrogens is 1. The molecule has 0 saturated carbocycles. The van der Waals surface area contributed by atoms with Crippen LogP contribution < -0.4 is 5.32 Å². The fourth-order valence-corrected chi connectivity index (χ4v) is 3.14. The summed E-state index contributed by atoms with van der Waals surface area (Å²) in [6.45, 7) is 6.26. The number of anilines is 1. The minimum Gasteiger partial charge on any atom is -0.396 e. The average molecular weight is 314 g/mol. The van der Waals surface area contributed by atoms with E-state index in [1.165, 1.54) is 16.8 Å². The van der Waals surface area contributed by atoms with Gasteiger partial charge in [-0.25, -0.2) is 0 Å². The Morgan fingerprint density at radius 2 is 2.04 bits per heavy atom. The molecule has 0 bridgehead atoms. The van der Waals surface area contributed by atoms with Crippen molar-refractivity contribution in [3.8, 4) is 0 Å². The first kappa shape index (κ1) is 16.0. The monoisotopic (exact) mass is 314 g/mol. The van der Waals surface area contributed by atoms with Crippen molar-refractivity contribution in [2.45, 2.75) is 32.9 Å². The predicted octanol–water partition coefficient (Wildman–Crippen LogP) is 2.53. The Kier molecular flexibility index (Phi) is 5.31. The summed E-state index contributed by atoms with van der Waals surface area (Å²) in [5.41, 5.74) is 4.83. The van der Waals surface area contributed by atoms with Crippen LogP contribution in [0, 0.1) is 12.8 Å². The molecule has 0 aliphatic carbocycles. The lowest BCUT2D eigenvalue weighted by molar-refractivity contribution is 0.127. The minimum absolute atomic E-state index is 0.329. The van der Waals surface area contributed by atoms with Crippen molar-refractivity contribution in [3.05, 3.63) is 47.3 Å². The molecule has 0 amide bonds. The molecule has 1 aromatic heterocycles. The number of hydrogen-bond donors (Lipinski definition) is 3. The number of aromatic amines is 1. The van der Waals surface area contributed by atoms with Gasteiger partial charge in [0.2, 0.25) is 0 Å². The number of aromatic nitrogens is 2. The third-order valence-corrected chi connectivity index (χ3v) is 4.78. The van der Waals surface area contributed by atoms with Crippen LogP contribution in [0.4, 0.5) is 5.69 Å². The molecular formula is C18H26N4O. The maximum atomic E-state index is 9.26. The topological polar surface area (TPSA) is 64.2 Å². The van der Waals surface area contributed by atoms with Crippen LogP contribution in [0.15, 0.2) is 30.5 Å². The minimum atomic E-state index is 0.329. The predicted molar refractivity (Wildman–Crippen MR) is 92.2 cm³/mol. The number of aliphatic hydroxyl groups excluding tert-OH is 1. The molecule has 0 spiro atoms. The normalized spacial score (nSPS) is 16.6. The molecule has 3 N–H and O–H groups in total. The van der Waals surface area contributed by atoms with E-state index >= 15 is 0 Å². The van der Waals surface area contributed by atoms with E-state index in [-0.39, 0.29) is 0 Å². The van der Waals surface area contributed by atoms with Crippen LogP contribution >= 0.6 is 0 Å². The molecule has 1 aromatic carbocycles. The Bertz CT molecular complexity index is 617. The van der Waals surface area contributed by atoms with Crippen LogP contribution in [-0.2, 0) is 13.1 Å². The molecule has 1 aliphatic heterocycles. The highest BCUT2D eigenvalue weighted by atomic mass is 16.3. The summed E-state index contributed by atoms with van der Waals surface area (Å²) in [6, 6.07) is 8.52. The van der Waals surface area contributed by atoms with Gasteiger partial charge in [-0.3, -0.25) is 10.00 Å². The molecule has 124 valence electrons. The Labute approximate surface area is 137 Å². The highest BCUT2D eigenvalue weighted by Gasteiger charge is 2.19. The number of para-hydroxylation sites is 1. The number of nitrogens with one attached hydrogen (secondary N) is 2. The molecule has 5 heteroatoms. The van der Waals surface area contributed by atoms with Crippen LogP contribution in [0.3, 0.4) is 0 Å². The number of aliphatic hydroxyl groups is 1. The van der Waals surface area contributed by atoms with E-state index in [2.05, 4.69) is 44.7 Å². The molecule has 0 unspecified atom stereocenters. The molecule has 1 aliphatic rings. The fraction of sp³-hybridized carbons (Fsp3) is 0.500. The van der Waals surface area contributed by atoms with Gasteiger partial charge in [0.25, 0.3) is 0 Å². The van der Waals surface area contributed by atoms with Gasteiger partial charge in [-0.05, 0) is 50.4 Å². The highest BCUT2D eigenvalue weighted by Crippen LogP contribution is 2.22. The Morgan fingerprint density at radius 3 is 2.74 bits per heavy atom. The molecule has 1 saturated heterocycles. The number of likely N-dealkylation sites (tertiary alicyclic amines) is 1. The number of rotatable bonds is 6. The highest BCUT2D eigenvalue weighted by molar-refractivity contribution is 5.51. The second-order valence-corrected chi connectivity index (χ2v) is 6.43. The van der Waals surface area contributed by atoms with E-state index in [0.29, 0.717) is 12.5 Å². The van der Waals surface area contributed by atoms with Gasteiger partial charge in [-0.1, -0.05) is 18.2 Å². The Hall–Kier alpha value is -1.85. The summed E-state index contributed by atoms with van der Waals surface area (Å²) >= 11 is 0. The van der Waals surface area contributed by atoms with Gasteiger partial charge in [0.15, 0.2) is 0 Å². The van der Waals surface area contributed by atoms with Crippen LogP contribution in [0.25, 0.3) is 0 Å². The first-order valence-corrected chi connectivity index (χ1v) is 8.40. The van der Waals surface area contributed by atoms with Gasteiger partial charge in [0, 0.05) is 36.6 Å². The van der Waals surface area contributed by atoms with Gasteiger partial charge in [-0.15, -0.1) is 0 Å². The lowest BCUT2D eigenvalue weighted by Crippen LogP contribution is -2.34. The van der Waals surface area contributed by atoms with Crippen molar-refractivity contribution in [2.75, 3.05) is 25.0 Å². The number of nitrogens with zero attached hydrogens (tertiary/aromatic N) is 2. The molecule has 5 nitrogen and oxygen atoms in total. The van der Waals surface area contributed by atoms with Crippen molar-refractivity contribution in [1.29, 1.82) is 0 Å². The first-order valence-electron chi connectivity index (χ1n) is 8.40.